The molecule has 7 heteroatoms. The van der Waals surface area contributed by atoms with Gasteiger partial charge in [0.2, 0.25) is 10.0 Å². The normalized spacial score (nSPS) is 24.8. The number of carboxylic acids is 1. The van der Waals surface area contributed by atoms with Crippen LogP contribution in [0.1, 0.15) is 40.7 Å². The zero-order valence-electron chi connectivity index (χ0n) is 13.6. The van der Waals surface area contributed by atoms with Gasteiger partial charge in [-0.3, -0.25) is 4.90 Å². The molecule has 2 saturated heterocycles. The Kier molecular flexibility index (Phi) is 3.89. The van der Waals surface area contributed by atoms with Gasteiger partial charge in [0.05, 0.1) is 10.5 Å². The van der Waals surface area contributed by atoms with E-state index in [-0.39, 0.29) is 10.5 Å². The Morgan fingerprint density at radius 3 is 2.75 bits per heavy atom. The maximum Gasteiger partial charge on any atom is 0.335 e. The quantitative estimate of drug-likeness (QED) is 0.890. The molecule has 1 atom stereocenters. The van der Waals surface area contributed by atoms with Crippen LogP contribution in [-0.2, 0) is 22.9 Å². The average molecular weight is 350 g/mol. The highest BCUT2D eigenvalue weighted by Gasteiger charge is 2.38. The van der Waals surface area contributed by atoms with Crippen LogP contribution in [0.4, 0.5) is 0 Å². The number of fused-ring (bicyclic) bond motifs is 2. The second kappa shape index (κ2) is 5.82. The minimum atomic E-state index is -3.64. The minimum absolute atomic E-state index is 0.0775. The van der Waals surface area contributed by atoms with E-state index in [1.807, 2.05) is 0 Å². The lowest BCUT2D eigenvalue weighted by molar-refractivity contribution is 0.0696. The van der Waals surface area contributed by atoms with E-state index < -0.39 is 16.0 Å². The highest BCUT2D eigenvalue weighted by atomic mass is 32.2. The van der Waals surface area contributed by atoms with Crippen molar-refractivity contribution in [3.8, 4) is 0 Å². The average Bonchev–Trinajstić information content (AvgIpc) is 3.21. The van der Waals surface area contributed by atoms with Crippen LogP contribution < -0.4 is 0 Å². The molecule has 0 radical (unpaired) electrons. The smallest absolute Gasteiger partial charge is 0.335 e. The van der Waals surface area contributed by atoms with Crippen LogP contribution in [0.5, 0.6) is 0 Å². The summed E-state index contributed by atoms with van der Waals surface area (Å²) in [4.78, 5) is 14.0. The minimum Gasteiger partial charge on any atom is -0.478 e. The van der Waals surface area contributed by atoms with E-state index in [0.29, 0.717) is 25.6 Å². The highest BCUT2D eigenvalue weighted by Crippen LogP contribution is 2.33. The van der Waals surface area contributed by atoms with E-state index in [0.717, 1.165) is 49.9 Å². The van der Waals surface area contributed by atoms with Crippen molar-refractivity contribution in [1.29, 1.82) is 0 Å². The predicted molar refractivity (Wildman–Crippen MR) is 88.8 cm³/mol. The third-order valence-corrected chi connectivity index (χ3v) is 7.52. The summed E-state index contributed by atoms with van der Waals surface area (Å²) >= 11 is 0. The standard InChI is InChI=1S/C17H22N2O4S/c20-17(21)13-9-12-3-1-5-15(12)16(10-13)24(22,23)19-8-7-18-6-2-4-14(18)11-19/h9-10,14H,1-8,11H2,(H,20,21). The Hall–Kier alpha value is -1.44. The molecule has 0 spiro atoms. The Morgan fingerprint density at radius 2 is 1.96 bits per heavy atom. The molecular weight excluding hydrogens is 328 g/mol. The van der Waals surface area contributed by atoms with E-state index in [4.69, 9.17) is 0 Å². The van der Waals surface area contributed by atoms with Crippen molar-refractivity contribution < 1.29 is 18.3 Å². The fraction of sp³-hybridized carbons (Fsp3) is 0.588. The Morgan fingerprint density at radius 1 is 1.12 bits per heavy atom. The summed E-state index contributed by atoms with van der Waals surface area (Å²) in [6, 6.07) is 3.31. The molecular formula is C17H22N2O4S. The Bertz CT molecular complexity index is 790. The van der Waals surface area contributed by atoms with Gasteiger partial charge in [0.15, 0.2) is 0 Å². The van der Waals surface area contributed by atoms with Gasteiger partial charge in [-0.2, -0.15) is 4.31 Å². The fourth-order valence-corrected chi connectivity index (χ4v) is 6.13. The molecule has 4 rings (SSSR count). The lowest BCUT2D eigenvalue weighted by Gasteiger charge is -2.37. The van der Waals surface area contributed by atoms with Crippen molar-refractivity contribution in [2.45, 2.75) is 43.0 Å². The molecule has 0 saturated carbocycles. The Labute approximate surface area is 142 Å². The number of aryl methyl sites for hydroxylation is 1. The number of carbonyl (C=O) groups is 1. The molecule has 6 nitrogen and oxygen atoms in total. The largest absolute Gasteiger partial charge is 0.478 e. The molecule has 130 valence electrons. The van der Waals surface area contributed by atoms with E-state index >= 15 is 0 Å². The van der Waals surface area contributed by atoms with Gasteiger partial charge in [-0.05, 0) is 61.9 Å². The van der Waals surface area contributed by atoms with Crippen LogP contribution in [0, 0.1) is 0 Å². The number of piperazine rings is 1. The van der Waals surface area contributed by atoms with Gasteiger partial charge >= 0.3 is 5.97 Å². The van der Waals surface area contributed by atoms with Gasteiger partial charge < -0.3 is 5.11 Å². The summed E-state index contributed by atoms with van der Waals surface area (Å²) in [5.41, 5.74) is 1.79. The first-order valence-corrected chi connectivity index (χ1v) is 10.0. The van der Waals surface area contributed by atoms with Crippen molar-refractivity contribution >= 4 is 16.0 Å². The van der Waals surface area contributed by atoms with Gasteiger partial charge in [-0.1, -0.05) is 0 Å². The molecule has 0 bridgehead atoms. The Balaban J connectivity index is 1.73. The summed E-state index contributed by atoms with van der Waals surface area (Å²) in [6.07, 6.45) is 4.53. The first-order chi connectivity index (χ1) is 11.5. The molecule has 24 heavy (non-hydrogen) atoms. The fourth-order valence-electron chi connectivity index (χ4n) is 4.34. The van der Waals surface area contributed by atoms with Gasteiger partial charge in [-0.25, -0.2) is 13.2 Å². The van der Waals surface area contributed by atoms with E-state index in [9.17, 15) is 18.3 Å². The number of rotatable bonds is 3. The number of benzene rings is 1. The molecule has 1 unspecified atom stereocenters. The van der Waals surface area contributed by atoms with Crippen LogP contribution >= 0.6 is 0 Å². The monoisotopic (exact) mass is 350 g/mol. The summed E-state index contributed by atoms with van der Waals surface area (Å²) in [5, 5.41) is 9.32. The molecule has 3 aliphatic rings. The van der Waals surface area contributed by atoms with Crippen molar-refractivity contribution in [3.05, 3.63) is 28.8 Å². The number of hydrogen-bond acceptors (Lipinski definition) is 4. The van der Waals surface area contributed by atoms with Crippen LogP contribution in [0.2, 0.25) is 0 Å². The second-order valence-electron chi connectivity index (χ2n) is 6.97. The molecule has 2 fully saturated rings. The molecule has 2 aliphatic heterocycles. The van der Waals surface area contributed by atoms with E-state index in [2.05, 4.69) is 4.90 Å². The van der Waals surface area contributed by atoms with E-state index in [1.54, 1.807) is 10.4 Å². The van der Waals surface area contributed by atoms with Crippen LogP contribution in [-0.4, -0.2) is 60.9 Å². The molecule has 0 amide bonds. The molecule has 1 N–H and O–H groups in total. The lowest BCUT2D eigenvalue weighted by Crippen LogP contribution is -2.52. The lowest BCUT2D eigenvalue weighted by atomic mass is 10.1. The SMILES string of the molecule is O=C(O)c1cc2c(c(S(=O)(=O)N3CCN4CCCC4C3)c1)CCC2. The summed E-state index contributed by atoms with van der Waals surface area (Å²) in [7, 11) is -3.64. The molecule has 0 aromatic heterocycles. The van der Waals surface area contributed by atoms with Gasteiger partial charge in [0, 0.05) is 25.7 Å². The summed E-state index contributed by atoms with van der Waals surface area (Å²) < 4.78 is 28.0. The van der Waals surface area contributed by atoms with Gasteiger partial charge in [-0.15, -0.1) is 0 Å². The second-order valence-corrected chi connectivity index (χ2v) is 8.87. The van der Waals surface area contributed by atoms with Crippen molar-refractivity contribution in [2.75, 3.05) is 26.2 Å². The maximum absolute atomic E-state index is 13.2. The third-order valence-electron chi connectivity index (χ3n) is 5.59. The van der Waals surface area contributed by atoms with Crippen molar-refractivity contribution in [1.82, 2.24) is 9.21 Å². The maximum atomic E-state index is 13.2. The molecule has 1 aromatic rings. The van der Waals surface area contributed by atoms with Crippen molar-refractivity contribution in [3.63, 3.8) is 0 Å². The molecule has 2 heterocycles. The number of sulfonamides is 1. The van der Waals surface area contributed by atoms with Crippen LogP contribution in [0.25, 0.3) is 0 Å². The van der Waals surface area contributed by atoms with Crippen LogP contribution in [0.3, 0.4) is 0 Å². The number of carboxylic acid groups (broad SMARTS) is 1. The summed E-state index contributed by atoms with van der Waals surface area (Å²) in [6.45, 7) is 2.84. The molecule has 1 aliphatic carbocycles. The zero-order valence-corrected chi connectivity index (χ0v) is 14.4. The number of nitrogens with zero attached hydrogens (tertiary/aromatic N) is 2. The third kappa shape index (κ3) is 2.55. The first kappa shape index (κ1) is 16.1. The van der Waals surface area contributed by atoms with Crippen molar-refractivity contribution in [2.24, 2.45) is 0 Å². The topological polar surface area (TPSA) is 77.9 Å². The van der Waals surface area contributed by atoms with Gasteiger partial charge in [0.1, 0.15) is 0 Å². The first-order valence-electron chi connectivity index (χ1n) is 8.60. The number of aromatic carboxylic acids is 1. The number of hydrogen-bond donors (Lipinski definition) is 1. The summed E-state index contributed by atoms with van der Waals surface area (Å²) in [5.74, 6) is -1.07. The van der Waals surface area contributed by atoms with E-state index in [1.165, 1.54) is 6.07 Å². The van der Waals surface area contributed by atoms with Gasteiger partial charge in [0.25, 0.3) is 0 Å². The molecule has 1 aromatic carbocycles. The zero-order chi connectivity index (χ0) is 16.9. The van der Waals surface area contributed by atoms with Crippen LogP contribution in [0.15, 0.2) is 17.0 Å². The predicted octanol–water partition coefficient (Wildman–Crippen LogP) is 1.34. The highest BCUT2D eigenvalue weighted by molar-refractivity contribution is 7.89.